The van der Waals surface area contributed by atoms with Crippen molar-refractivity contribution < 1.29 is 9.50 Å². The summed E-state index contributed by atoms with van der Waals surface area (Å²) in [6.45, 7) is 0. The molecule has 0 saturated heterocycles. The maximum absolute atomic E-state index is 13.5. The number of hydrogen-bond donors (Lipinski definition) is 1. The van der Waals surface area contributed by atoms with E-state index in [1.807, 2.05) is 16.8 Å². The Kier molecular flexibility index (Phi) is 3.59. The highest BCUT2D eigenvalue weighted by atomic mass is 35.5. The second kappa shape index (κ2) is 4.95. The monoisotopic (exact) mass is 256 g/mol. The van der Waals surface area contributed by atoms with E-state index in [1.54, 1.807) is 12.1 Å². The van der Waals surface area contributed by atoms with Crippen molar-refractivity contribution in [1.29, 1.82) is 0 Å². The predicted molar refractivity (Wildman–Crippen MR) is 64.4 cm³/mol. The molecule has 84 valence electrons. The molecule has 0 radical (unpaired) electrons. The number of hydrogen-bond acceptors (Lipinski definition) is 2. The van der Waals surface area contributed by atoms with Gasteiger partial charge in [0.25, 0.3) is 0 Å². The van der Waals surface area contributed by atoms with Gasteiger partial charge in [-0.1, -0.05) is 17.7 Å². The summed E-state index contributed by atoms with van der Waals surface area (Å²) in [6, 6.07) is 6.33. The van der Waals surface area contributed by atoms with Crippen molar-refractivity contribution in [2.45, 2.75) is 12.5 Å². The second-order valence-corrected chi connectivity index (χ2v) is 4.73. The average molecular weight is 257 g/mol. The average Bonchev–Trinajstić information content (AvgIpc) is 2.75. The lowest BCUT2D eigenvalue weighted by Gasteiger charge is -2.09. The molecule has 0 bridgehead atoms. The molecule has 0 aliphatic rings. The van der Waals surface area contributed by atoms with Crippen molar-refractivity contribution in [1.82, 2.24) is 0 Å². The van der Waals surface area contributed by atoms with Gasteiger partial charge in [-0.15, -0.1) is 0 Å². The number of thiophene rings is 1. The molecule has 0 aliphatic heterocycles. The number of aliphatic hydroxyl groups excluding tert-OH is 1. The zero-order chi connectivity index (χ0) is 11.5. The molecular formula is C12H10ClFOS. The van der Waals surface area contributed by atoms with Crippen molar-refractivity contribution in [3.05, 3.63) is 57.0 Å². The van der Waals surface area contributed by atoms with Crippen molar-refractivity contribution in [3.63, 3.8) is 0 Å². The Bertz CT molecular complexity index is 470. The van der Waals surface area contributed by atoms with Crippen molar-refractivity contribution in [3.8, 4) is 0 Å². The normalized spacial score (nSPS) is 12.7. The smallest absolute Gasteiger partial charge is 0.127 e. The molecule has 1 aromatic carbocycles. The zero-order valence-electron chi connectivity index (χ0n) is 8.36. The third-order valence-electron chi connectivity index (χ3n) is 2.36. The van der Waals surface area contributed by atoms with E-state index >= 15 is 0 Å². The fourth-order valence-corrected chi connectivity index (χ4v) is 2.34. The Balaban J connectivity index is 2.15. The Morgan fingerprint density at radius 1 is 1.38 bits per heavy atom. The molecule has 1 N–H and O–H groups in total. The first-order valence-electron chi connectivity index (χ1n) is 4.81. The summed E-state index contributed by atoms with van der Waals surface area (Å²) < 4.78 is 13.5. The van der Waals surface area contributed by atoms with Gasteiger partial charge in [-0.2, -0.15) is 11.3 Å². The molecule has 2 rings (SSSR count). The molecule has 0 amide bonds. The van der Waals surface area contributed by atoms with Gasteiger partial charge in [0.05, 0.1) is 6.10 Å². The maximum Gasteiger partial charge on any atom is 0.127 e. The lowest BCUT2D eigenvalue weighted by molar-refractivity contribution is 0.177. The van der Waals surface area contributed by atoms with E-state index in [2.05, 4.69) is 0 Å². The molecule has 1 nitrogen and oxygen atoms in total. The Morgan fingerprint density at radius 2 is 2.19 bits per heavy atom. The highest BCUT2D eigenvalue weighted by Gasteiger charge is 2.12. The number of benzene rings is 1. The standard InChI is InChI=1S/C12H10ClFOS/c13-10-2-1-8(11(14)6-10)5-12(15)9-3-4-16-7-9/h1-4,6-7,12,15H,5H2. The molecule has 1 heterocycles. The molecule has 0 aliphatic carbocycles. The molecule has 1 atom stereocenters. The van der Waals surface area contributed by atoms with Gasteiger partial charge in [0.15, 0.2) is 0 Å². The van der Waals surface area contributed by atoms with Gasteiger partial charge >= 0.3 is 0 Å². The highest BCUT2D eigenvalue weighted by molar-refractivity contribution is 7.07. The molecule has 0 saturated carbocycles. The third kappa shape index (κ3) is 2.61. The van der Waals surface area contributed by atoms with Crippen LogP contribution < -0.4 is 0 Å². The molecule has 2 aromatic rings. The largest absolute Gasteiger partial charge is 0.388 e. The Morgan fingerprint density at radius 3 is 2.81 bits per heavy atom. The summed E-state index contributed by atoms with van der Waals surface area (Å²) in [5.41, 5.74) is 1.29. The van der Waals surface area contributed by atoms with Gasteiger partial charge in [-0.3, -0.25) is 0 Å². The van der Waals surface area contributed by atoms with Crippen LogP contribution in [0.4, 0.5) is 4.39 Å². The summed E-state index contributed by atoms with van der Waals surface area (Å²) >= 11 is 7.16. The lowest BCUT2D eigenvalue weighted by atomic mass is 10.0. The van der Waals surface area contributed by atoms with E-state index in [9.17, 15) is 9.50 Å². The molecular weight excluding hydrogens is 247 g/mol. The van der Waals surface area contributed by atoms with Crippen molar-refractivity contribution in [2.24, 2.45) is 0 Å². The first kappa shape index (κ1) is 11.6. The summed E-state index contributed by atoms with van der Waals surface area (Å²) in [6.07, 6.45) is -0.401. The van der Waals surface area contributed by atoms with Gasteiger partial charge in [0, 0.05) is 11.4 Å². The molecule has 4 heteroatoms. The number of rotatable bonds is 3. The van der Waals surface area contributed by atoms with Crippen LogP contribution in [0.2, 0.25) is 5.02 Å². The lowest BCUT2D eigenvalue weighted by Crippen LogP contribution is -2.02. The predicted octanol–water partition coefficient (Wildman–Crippen LogP) is 3.82. The summed E-state index contributed by atoms with van der Waals surface area (Å²) in [5.74, 6) is -0.373. The fraction of sp³-hybridized carbons (Fsp3) is 0.167. The Hall–Kier alpha value is -0.900. The maximum atomic E-state index is 13.5. The molecule has 1 unspecified atom stereocenters. The van der Waals surface area contributed by atoms with Crippen LogP contribution in [0.1, 0.15) is 17.2 Å². The molecule has 1 aromatic heterocycles. The number of aliphatic hydroxyl groups is 1. The molecule has 0 fully saturated rings. The van der Waals surface area contributed by atoms with E-state index < -0.39 is 6.10 Å². The van der Waals surface area contributed by atoms with Crippen LogP contribution in [0, 0.1) is 5.82 Å². The van der Waals surface area contributed by atoms with Gasteiger partial charge < -0.3 is 5.11 Å². The Labute approximate surface area is 102 Å². The summed E-state index contributed by atoms with van der Waals surface area (Å²) in [7, 11) is 0. The third-order valence-corrected chi connectivity index (χ3v) is 3.29. The van der Waals surface area contributed by atoms with E-state index in [4.69, 9.17) is 11.6 Å². The van der Waals surface area contributed by atoms with Crippen molar-refractivity contribution in [2.75, 3.05) is 0 Å². The first-order valence-corrected chi connectivity index (χ1v) is 6.13. The highest BCUT2D eigenvalue weighted by Crippen LogP contribution is 2.23. The van der Waals surface area contributed by atoms with Gasteiger partial charge in [0.2, 0.25) is 0 Å². The van der Waals surface area contributed by atoms with Crippen LogP contribution in [0.15, 0.2) is 35.0 Å². The fourth-order valence-electron chi connectivity index (χ4n) is 1.48. The SMILES string of the molecule is OC(Cc1ccc(Cl)cc1F)c1ccsc1. The van der Waals surface area contributed by atoms with Gasteiger partial charge in [0.1, 0.15) is 5.82 Å². The van der Waals surface area contributed by atoms with E-state index in [0.29, 0.717) is 10.6 Å². The first-order chi connectivity index (χ1) is 7.66. The minimum atomic E-state index is -0.665. The zero-order valence-corrected chi connectivity index (χ0v) is 9.93. The van der Waals surface area contributed by atoms with E-state index in [1.165, 1.54) is 17.4 Å². The topological polar surface area (TPSA) is 20.2 Å². The minimum absolute atomic E-state index is 0.264. The van der Waals surface area contributed by atoms with Crippen molar-refractivity contribution >= 4 is 22.9 Å². The van der Waals surface area contributed by atoms with Crippen LogP contribution in [0.3, 0.4) is 0 Å². The van der Waals surface area contributed by atoms with Crippen LogP contribution >= 0.6 is 22.9 Å². The van der Waals surface area contributed by atoms with Crippen LogP contribution in [0.5, 0.6) is 0 Å². The number of halogens is 2. The molecule has 16 heavy (non-hydrogen) atoms. The van der Waals surface area contributed by atoms with Gasteiger partial charge in [-0.05, 0) is 40.1 Å². The molecule has 0 spiro atoms. The minimum Gasteiger partial charge on any atom is -0.388 e. The summed E-state index contributed by atoms with van der Waals surface area (Å²) in [4.78, 5) is 0. The van der Waals surface area contributed by atoms with Crippen LogP contribution in [0.25, 0.3) is 0 Å². The second-order valence-electron chi connectivity index (χ2n) is 3.51. The van der Waals surface area contributed by atoms with E-state index in [0.717, 1.165) is 5.56 Å². The van der Waals surface area contributed by atoms with Crippen LogP contribution in [-0.4, -0.2) is 5.11 Å². The van der Waals surface area contributed by atoms with Gasteiger partial charge in [-0.25, -0.2) is 4.39 Å². The van der Waals surface area contributed by atoms with E-state index in [-0.39, 0.29) is 12.2 Å². The quantitative estimate of drug-likeness (QED) is 0.885. The summed E-state index contributed by atoms with van der Waals surface area (Å²) in [5, 5.41) is 14.0. The van der Waals surface area contributed by atoms with Crippen LogP contribution in [-0.2, 0) is 6.42 Å².